The highest BCUT2D eigenvalue weighted by Gasteiger charge is 2.23. The molecule has 1 aromatic carbocycles. The van der Waals surface area contributed by atoms with E-state index in [9.17, 15) is 4.79 Å². The van der Waals surface area contributed by atoms with Gasteiger partial charge in [0, 0.05) is 36.5 Å². The Labute approximate surface area is 134 Å². The van der Waals surface area contributed by atoms with E-state index in [4.69, 9.17) is 0 Å². The summed E-state index contributed by atoms with van der Waals surface area (Å²) < 4.78 is 1.75. The molecule has 0 aliphatic carbocycles. The van der Waals surface area contributed by atoms with Gasteiger partial charge in [0.25, 0.3) is 0 Å². The molecule has 2 amide bonds. The highest BCUT2D eigenvalue weighted by molar-refractivity contribution is 7.99. The van der Waals surface area contributed by atoms with Gasteiger partial charge in [-0.1, -0.05) is 18.2 Å². The molecule has 5 nitrogen and oxygen atoms in total. The summed E-state index contributed by atoms with van der Waals surface area (Å²) in [4.78, 5) is 15.4. The molecule has 116 valence electrons. The van der Waals surface area contributed by atoms with Crippen molar-refractivity contribution in [3.05, 3.63) is 47.8 Å². The summed E-state index contributed by atoms with van der Waals surface area (Å²) in [6.45, 7) is 0.558. The predicted octanol–water partition coefficient (Wildman–Crippen LogP) is 2.80. The van der Waals surface area contributed by atoms with E-state index in [2.05, 4.69) is 22.5 Å². The average molecular weight is 316 g/mol. The number of carbonyl (C=O) groups is 1. The second-order valence-corrected chi connectivity index (χ2v) is 6.69. The highest BCUT2D eigenvalue weighted by atomic mass is 32.2. The molecule has 0 spiro atoms. The second-order valence-electron chi connectivity index (χ2n) is 5.56. The van der Waals surface area contributed by atoms with Crippen molar-refractivity contribution in [2.75, 3.05) is 12.8 Å². The normalized spacial score (nSPS) is 16.9. The second kappa shape index (κ2) is 6.44. The van der Waals surface area contributed by atoms with Gasteiger partial charge < -0.3 is 10.2 Å². The zero-order valence-corrected chi connectivity index (χ0v) is 13.6. The Kier molecular flexibility index (Phi) is 4.38. The van der Waals surface area contributed by atoms with Crippen LogP contribution in [0.25, 0.3) is 0 Å². The SMILES string of the molecule is CN(Cc1cnn(C)c1)C(=O)N[C@H]1CCSc2ccccc21. The molecule has 2 aromatic rings. The van der Waals surface area contributed by atoms with Crippen LogP contribution in [0.3, 0.4) is 0 Å². The van der Waals surface area contributed by atoms with E-state index in [0.29, 0.717) is 6.54 Å². The van der Waals surface area contributed by atoms with Crippen molar-refractivity contribution in [2.24, 2.45) is 7.05 Å². The minimum Gasteiger partial charge on any atom is -0.331 e. The maximum atomic E-state index is 12.4. The number of hydrogen-bond acceptors (Lipinski definition) is 3. The number of nitrogens with zero attached hydrogens (tertiary/aromatic N) is 3. The molecule has 6 heteroatoms. The van der Waals surface area contributed by atoms with E-state index in [1.165, 1.54) is 10.5 Å². The van der Waals surface area contributed by atoms with Gasteiger partial charge in [0.2, 0.25) is 0 Å². The van der Waals surface area contributed by atoms with Gasteiger partial charge in [-0.25, -0.2) is 4.79 Å². The van der Waals surface area contributed by atoms with Crippen LogP contribution in [0.5, 0.6) is 0 Å². The number of rotatable bonds is 3. The predicted molar refractivity (Wildman–Crippen MR) is 87.7 cm³/mol. The molecule has 0 fully saturated rings. The van der Waals surface area contributed by atoms with Gasteiger partial charge in [-0.05, 0) is 18.1 Å². The molecule has 1 aliphatic heterocycles. The minimum absolute atomic E-state index is 0.0458. The van der Waals surface area contributed by atoms with Crippen molar-refractivity contribution in [3.63, 3.8) is 0 Å². The summed E-state index contributed by atoms with van der Waals surface area (Å²) in [7, 11) is 3.69. The van der Waals surface area contributed by atoms with Gasteiger partial charge in [0.1, 0.15) is 0 Å². The minimum atomic E-state index is -0.0458. The molecule has 0 bridgehead atoms. The van der Waals surface area contributed by atoms with Crippen molar-refractivity contribution in [1.29, 1.82) is 0 Å². The topological polar surface area (TPSA) is 50.2 Å². The van der Waals surface area contributed by atoms with E-state index >= 15 is 0 Å². The number of aryl methyl sites for hydroxylation is 1. The lowest BCUT2D eigenvalue weighted by atomic mass is 10.0. The standard InChI is InChI=1S/C16H20N4OS/c1-19(10-12-9-17-20(2)11-12)16(21)18-14-7-8-22-15-6-4-3-5-13(14)15/h3-6,9,11,14H,7-8,10H2,1-2H3,(H,18,21)/t14-/m0/s1. The Bertz CT molecular complexity index is 670. The van der Waals surface area contributed by atoms with E-state index in [-0.39, 0.29) is 12.1 Å². The van der Waals surface area contributed by atoms with E-state index < -0.39 is 0 Å². The van der Waals surface area contributed by atoms with Gasteiger partial charge in [0.05, 0.1) is 18.8 Å². The lowest BCUT2D eigenvalue weighted by molar-refractivity contribution is 0.202. The molecule has 1 atom stereocenters. The van der Waals surface area contributed by atoms with Crippen molar-refractivity contribution in [1.82, 2.24) is 20.0 Å². The van der Waals surface area contributed by atoms with Crippen LogP contribution >= 0.6 is 11.8 Å². The monoisotopic (exact) mass is 316 g/mol. The fourth-order valence-electron chi connectivity index (χ4n) is 2.65. The molecule has 1 aromatic heterocycles. The number of urea groups is 1. The van der Waals surface area contributed by atoms with Gasteiger partial charge in [-0.3, -0.25) is 4.68 Å². The van der Waals surface area contributed by atoms with Crippen LogP contribution in [0.1, 0.15) is 23.6 Å². The first-order valence-corrected chi connectivity index (χ1v) is 8.33. The Morgan fingerprint density at radius 1 is 1.50 bits per heavy atom. The largest absolute Gasteiger partial charge is 0.331 e. The van der Waals surface area contributed by atoms with Crippen LogP contribution in [0.15, 0.2) is 41.6 Å². The average Bonchev–Trinajstić information content (AvgIpc) is 2.92. The molecule has 1 N–H and O–H groups in total. The van der Waals surface area contributed by atoms with E-state index in [0.717, 1.165) is 17.7 Å². The lowest BCUT2D eigenvalue weighted by Crippen LogP contribution is -2.39. The number of amides is 2. The molecule has 0 unspecified atom stereocenters. The number of carbonyl (C=O) groups excluding carboxylic acids is 1. The first-order valence-electron chi connectivity index (χ1n) is 7.34. The summed E-state index contributed by atoms with van der Waals surface area (Å²) in [5.41, 5.74) is 2.25. The van der Waals surface area contributed by atoms with Gasteiger partial charge >= 0.3 is 6.03 Å². The summed E-state index contributed by atoms with van der Waals surface area (Å²) >= 11 is 1.86. The highest BCUT2D eigenvalue weighted by Crippen LogP contribution is 2.35. The molecule has 0 saturated heterocycles. The fourth-order valence-corrected chi connectivity index (χ4v) is 3.78. The third-order valence-corrected chi connectivity index (χ3v) is 4.90. The van der Waals surface area contributed by atoms with E-state index in [1.54, 1.807) is 15.8 Å². The first kappa shape index (κ1) is 15.0. The first-order chi connectivity index (χ1) is 10.6. The number of aromatic nitrogens is 2. The van der Waals surface area contributed by atoms with Crippen LogP contribution in [0, 0.1) is 0 Å². The van der Waals surface area contributed by atoms with Gasteiger partial charge in [-0.2, -0.15) is 5.10 Å². The summed E-state index contributed by atoms with van der Waals surface area (Å²) in [6, 6.07) is 8.36. The molecule has 0 saturated carbocycles. The molecule has 2 heterocycles. The lowest BCUT2D eigenvalue weighted by Gasteiger charge is -2.28. The van der Waals surface area contributed by atoms with Crippen LogP contribution in [0.2, 0.25) is 0 Å². The van der Waals surface area contributed by atoms with Crippen molar-refractivity contribution >= 4 is 17.8 Å². The number of nitrogens with one attached hydrogen (secondary N) is 1. The van der Waals surface area contributed by atoms with Crippen LogP contribution in [0.4, 0.5) is 4.79 Å². The molecular weight excluding hydrogens is 296 g/mol. The molecule has 22 heavy (non-hydrogen) atoms. The smallest absolute Gasteiger partial charge is 0.317 e. The van der Waals surface area contributed by atoms with Crippen LogP contribution in [-0.4, -0.2) is 33.5 Å². The summed E-state index contributed by atoms with van der Waals surface area (Å²) in [6.07, 6.45) is 4.68. The fraction of sp³-hybridized carbons (Fsp3) is 0.375. The molecule has 3 rings (SSSR count). The van der Waals surface area contributed by atoms with E-state index in [1.807, 2.05) is 44.2 Å². The van der Waals surface area contributed by atoms with Crippen LogP contribution < -0.4 is 5.32 Å². The zero-order valence-electron chi connectivity index (χ0n) is 12.8. The summed E-state index contributed by atoms with van der Waals surface area (Å²) in [5.74, 6) is 1.04. The van der Waals surface area contributed by atoms with Gasteiger partial charge in [0.15, 0.2) is 0 Å². The summed E-state index contributed by atoms with van der Waals surface area (Å²) in [5, 5.41) is 7.28. The van der Waals surface area contributed by atoms with Crippen molar-refractivity contribution < 1.29 is 4.79 Å². The quantitative estimate of drug-likeness (QED) is 0.947. The number of fused-ring (bicyclic) bond motifs is 1. The molecule has 0 radical (unpaired) electrons. The van der Waals surface area contributed by atoms with Gasteiger partial charge in [-0.15, -0.1) is 11.8 Å². The number of benzene rings is 1. The Morgan fingerprint density at radius 2 is 2.32 bits per heavy atom. The van der Waals surface area contributed by atoms with Crippen molar-refractivity contribution in [2.45, 2.75) is 23.9 Å². The Hall–Kier alpha value is -1.95. The number of thioether (sulfide) groups is 1. The van der Waals surface area contributed by atoms with Crippen LogP contribution in [-0.2, 0) is 13.6 Å². The third-order valence-electron chi connectivity index (χ3n) is 3.78. The zero-order chi connectivity index (χ0) is 15.5. The third kappa shape index (κ3) is 3.27. The molecular formula is C16H20N4OS. The maximum Gasteiger partial charge on any atom is 0.317 e. The molecule has 1 aliphatic rings. The maximum absolute atomic E-state index is 12.4. The Morgan fingerprint density at radius 3 is 3.09 bits per heavy atom. The Balaban J connectivity index is 1.64. The number of hydrogen-bond donors (Lipinski definition) is 1. The van der Waals surface area contributed by atoms with Crippen molar-refractivity contribution in [3.8, 4) is 0 Å².